The fraction of sp³-hybridized carbons (Fsp3) is 0.286. The molecular formula is C21H23N3O4S. The van der Waals surface area contributed by atoms with Crippen LogP contribution in [0, 0.1) is 0 Å². The smallest absolute Gasteiger partial charge is 0.242 e. The molecule has 0 saturated carbocycles. The Morgan fingerprint density at radius 2 is 1.79 bits per heavy atom. The first-order valence-electron chi connectivity index (χ1n) is 9.50. The molecule has 0 radical (unpaired) electrons. The largest absolute Gasteiger partial charge is 0.486 e. The van der Waals surface area contributed by atoms with Crippen molar-refractivity contribution >= 4 is 10.0 Å². The zero-order valence-corrected chi connectivity index (χ0v) is 17.0. The van der Waals surface area contributed by atoms with Crippen molar-refractivity contribution in [3.05, 3.63) is 60.3 Å². The summed E-state index contributed by atoms with van der Waals surface area (Å²) in [7, 11) is -2.00. The van der Waals surface area contributed by atoms with Gasteiger partial charge in [-0.15, -0.1) is 0 Å². The summed E-state index contributed by atoms with van der Waals surface area (Å²) in [5, 5.41) is 7.37. The van der Waals surface area contributed by atoms with Gasteiger partial charge in [0.2, 0.25) is 10.0 Å². The number of H-pyrrole nitrogens is 1. The molecule has 1 aliphatic rings. The van der Waals surface area contributed by atoms with E-state index in [1.165, 1.54) is 10.4 Å². The summed E-state index contributed by atoms with van der Waals surface area (Å²) < 4.78 is 38.0. The molecule has 0 bridgehead atoms. The van der Waals surface area contributed by atoms with E-state index >= 15 is 0 Å². The van der Waals surface area contributed by atoms with Crippen molar-refractivity contribution in [3.8, 4) is 22.8 Å². The van der Waals surface area contributed by atoms with Crippen molar-refractivity contribution in [2.45, 2.75) is 17.7 Å². The van der Waals surface area contributed by atoms with Gasteiger partial charge in [0.25, 0.3) is 0 Å². The van der Waals surface area contributed by atoms with E-state index in [1.54, 1.807) is 19.2 Å². The van der Waals surface area contributed by atoms with Gasteiger partial charge >= 0.3 is 0 Å². The second-order valence-corrected chi connectivity index (χ2v) is 8.92. The maximum absolute atomic E-state index is 12.9. The van der Waals surface area contributed by atoms with Crippen LogP contribution in [0.3, 0.4) is 0 Å². The molecule has 0 unspecified atom stereocenters. The topological polar surface area (TPSA) is 84.5 Å². The maximum Gasteiger partial charge on any atom is 0.242 e. The number of ether oxygens (including phenoxy) is 2. The van der Waals surface area contributed by atoms with E-state index in [4.69, 9.17) is 9.47 Å². The summed E-state index contributed by atoms with van der Waals surface area (Å²) in [6.07, 6.45) is 1.39. The van der Waals surface area contributed by atoms with Gasteiger partial charge in [0.05, 0.1) is 10.6 Å². The van der Waals surface area contributed by atoms with Crippen molar-refractivity contribution in [1.82, 2.24) is 14.5 Å². The molecule has 1 aromatic heterocycles. The third-order valence-corrected chi connectivity index (χ3v) is 6.69. The number of rotatable bonds is 7. The molecule has 29 heavy (non-hydrogen) atoms. The Kier molecular flexibility index (Phi) is 5.55. The number of aromatic amines is 1. The summed E-state index contributed by atoms with van der Waals surface area (Å²) in [6.45, 7) is 1.29. The number of fused-ring (bicyclic) bond motifs is 1. The molecule has 2 aromatic carbocycles. The van der Waals surface area contributed by atoms with E-state index in [9.17, 15) is 8.42 Å². The fourth-order valence-corrected chi connectivity index (χ4v) is 4.45. The molecule has 1 N–H and O–H groups in total. The molecular weight excluding hydrogens is 390 g/mol. The number of sulfonamides is 1. The minimum Gasteiger partial charge on any atom is -0.486 e. The molecule has 0 fully saturated rings. The van der Waals surface area contributed by atoms with Crippen molar-refractivity contribution < 1.29 is 17.9 Å². The zero-order valence-electron chi connectivity index (χ0n) is 16.2. The Hall–Kier alpha value is -2.84. The summed E-state index contributed by atoms with van der Waals surface area (Å²) in [5.74, 6) is 1.04. The van der Waals surface area contributed by atoms with Gasteiger partial charge in [-0.2, -0.15) is 5.10 Å². The van der Waals surface area contributed by atoms with Crippen LogP contribution in [-0.2, 0) is 16.4 Å². The number of nitrogens with one attached hydrogen (secondary N) is 1. The minimum absolute atomic E-state index is 0.206. The molecule has 7 nitrogen and oxygen atoms in total. The normalized spacial score (nSPS) is 13.6. The predicted octanol–water partition coefficient (Wildman–Crippen LogP) is 3.10. The molecule has 0 saturated heterocycles. The van der Waals surface area contributed by atoms with Gasteiger partial charge in [0, 0.05) is 30.9 Å². The maximum atomic E-state index is 12.9. The quantitative estimate of drug-likeness (QED) is 0.643. The number of aromatic nitrogens is 2. The number of benzene rings is 2. The zero-order chi connectivity index (χ0) is 20.3. The molecule has 0 amide bonds. The van der Waals surface area contributed by atoms with Crippen LogP contribution in [0.5, 0.6) is 11.5 Å². The monoisotopic (exact) mass is 413 g/mol. The average molecular weight is 413 g/mol. The molecule has 2 heterocycles. The van der Waals surface area contributed by atoms with E-state index in [-0.39, 0.29) is 4.90 Å². The first kappa shape index (κ1) is 19.5. The van der Waals surface area contributed by atoms with E-state index < -0.39 is 10.0 Å². The van der Waals surface area contributed by atoms with Crippen molar-refractivity contribution in [1.29, 1.82) is 0 Å². The van der Waals surface area contributed by atoms with E-state index in [2.05, 4.69) is 10.2 Å². The highest BCUT2D eigenvalue weighted by molar-refractivity contribution is 7.89. The molecule has 0 atom stereocenters. The second kappa shape index (κ2) is 8.26. The highest BCUT2D eigenvalue weighted by Gasteiger charge is 2.23. The van der Waals surface area contributed by atoms with Crippen molar-refractivity contribution in [2.24, 2.45) is 0 Å². The first-order valence-corrected chi connectivity index (χ1v) is 10.9. The third kappa shape index (κ3) is 4.28. The number of aryl methyl sites for hydroxylation is 1. The predicted molar refractivity (Wildman–Crippen MR) is 110 cm³/mol. The lowest BCUT2D eigenvalue weighted by molar-refractivity contribution is 0.171. The highest BCUT2D eigenvalue weighted by Crippen LogP contribution is 2.33. The SMILES string of the molecule is CN(CCCc1cc(-c2ccccc2)n[nH]1)S(=O)(=O)c1ccc2c(c1)OCCO2. The Morgan fingerprint density at radius 3 is 2.59 bits per heavy atom. The van der Waals surface area contributed by atoms with E-state index in [0.717, 1.165) is 17.0 Å². The highest BCUT2D eigenvalue weighted by atomic mass is 32.2. The van der Waals surface area contributed by atoms with Gasteiger partial charge in [-0.25, -0.2) is 12.7 Å². The molecule has 8 heteroatoms. The summed E-state index contributed by atoms with van der Waals surface area (Å²) in [4.78, 5) is 0.206. The Bertz CT molecular complexity index is 1080. The van der Waals surface area contributed by atoms with Gasteiger partial charge in [-0.05, 0) is 31.0 Å². The summed E-state index contributed by atoms with van der Waals surface area (Å²) in [6, 6.07) is 16.7. The van der Waals surface area contributed by atoms with Crippen LogP contribution in [0.15, 0.2) is 59.5 Å². The number of nitrogens with zero attached hydrogens (tertiary/aromatic N) is 2. The molecule has 4 rings (SSSR count). The van der Waals surface area contributed by atoms with Crippen LogP contribution in [0.4, 0.5) is 0 Å². The summed E-state index contributed by atoms with van der Waals surface area (Å²) in [5.41, 5.74) is 2.92. The Labute approximate surface area is 170 Å². The molecule has 152 valence electrons. The standard InChI is InChI=1S/C21H23N3O4S/c1-24(29(25,26)18-9-10-20-21(15-18)28-13-12-27-20)11-5-8-17-14-19(23-22-17)16-6-3-2-4-7-16/h2-4,6-7,9-10,14-15H,5,8,11-13H2,1H3,(H,22,23). The lowest BCUT2D eigenvalue weighted by atomic mass is 10.1. The van der Waals surface area contributed by atoms with Crippen molar-refractivity contribution in [2.75, 3.05) is 26.8 Å². The molecule has 0 aliphatic carbocycles. The Balaban J connectivity index is 1.37. The van der Waals surface area contributed by atoms with Gasteiger partial charge in [-0.3, -0.25) is 5.10 Å². The van der Waals surface area contributed by atoms with Crippen LogP contribution in [0.25, 0.3) is 11.3 Å². The van der Waals surface area contributed by atoms with Crippen molar-refractivity contribution in [3.63, 3.8) is 0 Å². The lowest BCUT2D eigenvalue weighted by Crippen LogP contribution is -2.28. The summed E-state index contributed by atoms with van der Waals surface area (Å²) >= 11 is 0. The fourth-order valence-electron chi connectivity index (χ4n) is 3.22. The first-order chi connectivity index (χ1) is 14.0. The van der Waals surface area contributed by atoms with E-state index in [0.29, 0.717) is 44.1 Å². The average Bonchev–Trinajstić information content (AvgIpc) is 3.23. The van der Waals surface area contributed by atoms with Crippen LogP contribution in [-0.4, -0.2) is 49.7 Å². The second-order valence-electron chi connectivity index (χ2n) is 6.88. The van der Waals surface area contributed by atoms with Gasteiger partial charge in [-0.1, -0.05) is 30.3 Å². The molecule has 0 spiro atoms. The van der Waals surface area contributed by atoms with E-state index in [1.807, 2.05) is 36.4 Å². The lowest BCUT2D eigenvalue weighted by Gasteiger charge is -2.21. The van der Waals surface area contributed by atoms with Crippen LogP contribution in [0.1, 0.15) is 12.1 Å². The number of hydrogen-bond donors (Lipinski definition) is 1. The van der Waals surface area contributed by atoms with Crippen LogP contribution >= 0.6 is 0 Å². The van der Waals surface area contributed by atoms with Crippen LogP contribution in [0.2, 0.25) is 0 Å². The van der Waals surface area contributed by atoms with Gasteiger partial charge in [0.1, 0.15) is 13.2 Å². The van der Waals surface area contributed by atoms with Gasteiger partial charge in [0.15, 0.2) is 11.5 Å². The van der Waals surface area contributed by atoms with Gasteiger partial charge < -0.3 is 9.47 Å². The molecule has 1 aliphatic heterocycles. The Morgan fingerprint density at radius 1 is 1.03 bits per heavy atom. The number of hydrogen-bond acceptors (Lipinski definition) is 5. The van der Waals surface area contributed by atoms with Crippen LogP contribution < -0.4 is 9.47 Å². The minimum atomic E-state index is -3.59. The molecule has 3 aromatic rings. The third-order valence-electron chi connectivity index (χ3n) is 4.84.